The summed E-state index contributed by atoms with van der Waals surface area (Å²) in [6.07, 6.45) is 0. The molecular formula is C15H26N3OPSi. The monoisotopic (exact) mass is 323 g/mol. The summed E-state index contributed by atoms with van der Waals surface area (Å²) in [5, 5.41) is 0. The Kier molecular flexibility index (Phi) is 6.29. The second-order valence-corrected chi connectivity index (χ2v) is 12.1. The zero-order chi connectivity index (χ0) is 16.2. The molecule has 0 aromatic heterocycles. The molecule has 0 spiro atoms. The molecule has 1 aromatic rings. The van der Waals surface area contributed by atoms with Crippen LogP contribution in [0.4, 0.5) is 10.5 Å². The fourth-order valence-electron chi connectivity index (χ4n) is 2.10. The maximum absolute atomic E-state index is 12.9. The molecular weight excluding hydrogens is 297 g/mol. The molecule has 0 aliphatic heterocycles. The molecule has 0 heterocycles. The lowest BCUT2D eigenvalue weighted by Crippen LogP contribution is -2.48. The first-order valence-electron chi connectivity index (χ1n) is 6.97. The van der Waals surface area contributed by atoms with Crippen LogP contribution >= 0.6 is 8.20 Å². The minimum atomic E-state index is -1.80. The molecule has 4 nitrogen and oxygen atoms in total. The Bertz CT molecular complexity index is 499. The van der Waals surface area contributed by atoms with Crippen molar-refractivity contribution in [1.29, 1.82) is 0 Å². The standard InChI is InChI=1S/C15H26N3OPSi/c1-16(2)14(17(3)4)20-15(19)18(21(5,6)7)13-11-9-8-10-12-13/h8-12H,1-7H3. The van der Waals surface area contributed by atoms with Crippen LogP contribution in [0.5, 0.6) is 0 Å². The molecule has 21 heavy (non-hydrogen) atoms. The number of hydrogen-bond acceptors (Lipinski definition) is 1. The second-order valence-electron chi connectivity index (χ2n) is 6.33. The highest BCUT2D eigenvalue weighted by atomic mass is 31.1. The number of benzene rings is 1. The van der Waals surface area contributed by atoms with Gasteiger partial charge in [0.15, 0.2) is 8.24 Å². The van der Waals surface area contributed by atoms with Crippen molar-refractivity contribution in [2.45, 2.75) is 19.6 Å². The van der Waals surface area contributed by atoms with Gasteiger partial charge in [-0.2, -0.15) is 0 Å². The highest BCUT2D eigenvalue weighted by molar-refractivity contribution is 7.59. The Balaban J connectivity index is 3.23. The lowest BCUT2D eigenvalue weighted by atomic mass is 10.3. The van der Waals surface area contributed by atoms with Gasteiger partial charge in [-0.05, 0) is 40.3 Å². The van der Waals surface area contributed by atoms with Gasteiger partial charge in [0.05, 0.1) is 5.54 Å². The Morgan fingerprint density at radius 3 is 1.81 bits per heavy atom. The highest BCUT2D eigenvalue weighted by Gasteiger charge is 2.30. The third kappa shape index (κ3) is 5.04. The summed E-state index contributed by atoms with van der Waals surface area (Å²) in [5.74, 6) is 0. The van der Waals surface area contributed by atoms with Crippen molar-refractivity contribution < 1.29 is 4.79 Å². The van der Waals surface area contributed by atoms with Crippen molar-refractivity contribution in [3.8, 4) is 0 Å². The van der Waals surface area contributed by atoms with E-state index in [4.69, 9.17) is 0 Å². The van der Waals surface area contributed by atoms with Crippen LogP contribution in [-0.2, 0) is 0 Å². The van der Waals surface area contributed by atoms with E-state index in [0.29, 0.717) is 8.20 Å². The molecule has 1 aromatic carbocycles. The van der Waals surface area contributed by atoms with Crippen LogP contribution < -0.4 is 4.57 Å². The smallest absolute Gasteiger partial charge is 0.271 e. The third-order valence-corrected chi connectivity index (χ3v) is 6.25. The van der Waals surface area contributed by atoms with E-state index in [1.54, 1.807) is 0 Å². The summed E-state index contributed by atoms with van der Waals surface area (Å²) in [7, 11) is 6.78. The van der Waals surface area contributed by atoms with E-state index in [2.05, 4.69) is 19.6 Å². The van der Waals surface area contributed by atoms with E-state index in [0.717, 1.165) is 11.2 Å². The van der Waals surface area contributed by atoms with Crippen molar-refractivity contribution in [2.24, 2.45) is 0 Å². The average Bonchev–Trinajstić information content (AvgIpc) is 2.35. The lowest BCUT2D eigenvalue weighted by molar-refractivity contribution is 0.267. The van der Waals surface area contributed by atoms with Gasteiger partial charge in [-0.15, -0.1) is 0 Å². The van der Waals surface area contributed by atoms with E-state index in [9.17, 15) is 4.79 Å². The van der Waals surface area contributed by atoms with Gasteiger partial charge in [-0.1, -0.05) is 37.8 Å². The van der Waals surface area contributed by atoms with E-state index < -0.39 is 8.24 Å². The Hall–Kier alpha value is -1.00. The molecule has 0 aliphatic carbocycles. The van der Waals surface area contributed by atoms with E-state index in [-0.39, 0.29) is 5.65 Å². The number of amides is 1. The molecule has 0 saturated heterocycles. The van der Waals surface area contributed by atoms with Gasteiger partial charge in [-0.25, -0.2) is 0 Å². The first-order valence-corrected chi connectivity index (χ1v) is 11.3. The van der Waals surface area contributed by atoms with Crippen LogP contribution in [-0.4, -0.2) is 57.4 Å². The first-order chi connectivity index (χ1) is 9.64. The second kappa shape index (κ2) is 7.32. The first kappa shape index (κ1) is 18.0. The van der Waals surface area contributed by atoms with Crippen LogP contribution in [0.1, 0.15) is 0 Å². The number of anilines is 1. The maximum Gasteiger partial charge on any atom is 0.271 e. The van der Waals surface area contributed by atoms with E-state index >= 15 is 0 Å². The van der Waals surface area contributed by atoms with Gasteiger partial charge < -0.3 is 4.57 Å². The maximum atomic E-state index is 12.9. The zero-order valence-electron chi connectivity index (χ0n) is 14.1. The van der Waals surface area contributed by atoms with Crippen molar-refractivity contribution in [3.63, 3.8) is 0 Å². The van der Waals surface area contributed by atoms with Crippen LogP contribution in [0.3, 0.4) is 0 Å². The molecule has 0 bridgehead atoms. The SMILES string of the molecule is CN(C)C(=PC(=O)N(c1ccccc1)[Si](C)(C)C)N(C)C. The van der Waals surface area contributed by atoms with Crippen molar-refractivity contribution >= 4 is 33.3 Å². The van der Waals surface area contributed by atoms with Crippen LogP contribution in [0.25, 0.3) is 0 Å². The molecule has 116 valence electrons. The number of hydrogen-bond donors (Lipinski definition) is 0. The normalized spacial score (nSPS) is 12.0. The molecule has 0 atom stereocenters. The van der Waals surface area contributed by atoms with Crippen LogP contribution in [0.15, 0.2) is 30.3 Å². The molecule has 0 N–H and O–H groups in total. The fourth-order valence-corrected chi connectivity index (χ4v) is 5.43. The van der Waals surface area contributed by atoms with Gasteiger partial charge in [0.2, 0.25) is 0 Å². The molecule has 6 heteroatoms. The quantitative estimate of drug-likeness (QED) is 0.612. The number of carbonyl (C=O) groups is 1. The van der Waals surface area contributed by atoms with E-state index in [1.165, 1.54) is 0 Å². The van der Waals surface area contributed by atoms with Crippen molar-refractivity contribution in [2.75, 3.05) is 32.8 Å². The van der Waals surface area contributed by atoms with Crippen molar-refractivity contribution in [3.05, 3.63) is 30.3 Å². The van der Waals surface area contributed by atoms with Gasteiger partial charge in [0.25, 0.3) is 5.65 Å². The number of nitrogens with zero attached hydrogens (tertiary/aromatic N) is 3. The largest absolute Gasteiger partial charge is 0.334 e. The molecule has 0 fully saturated rings. The summed E-state index contributed by atoms with van der Waals surface area (Å²) in [6.45, 7) is 6.58. The highest BCUT2D eigenvalue weighted by Crippen LogP contribution is 2.26. The third-order valence-electron chi connectivity index (χ3n) is 2.87. The molecule has 0 aliphatic rings. The molecule has 1 rings (SSSR count). The Morgan fingerprint density at radius 1 is 0.952 bits per heavy atom. The summed E-state index contributed by atoms with van der Waals surface area (Å²) >= 11 is 0. The summed E-state index contributed by atoms with van der Waals surface area (Å²) in [6, 6.07) is 9.96. The molecule has 1 amide bonds. The Labute approximate surface area is 131 Å². The summed E-state index contributed by atoms with van der Waals surface area (Å²) in [5.41, 5.74) is 2.11. The van der Waals surface area contributed by atoms with Gasteiger partial charge >= 0.3 is 0 Å². The lowest BCUT2D eigenvalue weighted by Gasteiger charge is -2.34. The number of carbonyl (C=O) groups excluding carboxylic acids is 1. The van der Waals surface area contributed by atoms with Gasteiger partial charge in [0.1, 0.15) is 0 Å². The minimum Gasteiger partial charge on any atom is -0.334 e. The van der Waals surface area contributed by atoms with Gasteiger partial charge in [-0.3, -0.25) is 14.6 Å². The van der Waals surface area contributed by atoms with Crippen LogP contribution in [0.2, 0.25) is 19.6 Å². The van der Waals surface area contributed by atoms with E-state index in [1.807, 2.05) is 72.9 Å². The van der Waals surface area contributed by atoms with Crippen molar-refractivity contribution in [1.82, 2.24) is 9.80 Å². The molecule has 0 radical (unpaired) electrons. The van der Waals surface area contributed by atoms with Crippen LogP contribution in [0, 0.1) is 0 Å². The Morgan fingerprint density at radius 2 is 1.43 bits per heavy atom. The fraction of sp³-hybridized carbons (Fsp3) is 0.467. The number of para-hydroxylation sites is 1. The average molecular weight is 323 g/mol. The zero-order valence-corrected chi connectivity index (χ0v) is 16.0. The predicted octanol–water partition coefficient (Wildman–Crippen LogP) is 3.60. The molecule has 0 saturated carbocycles. The minimum absolute atomic E-state index is 0.137. The predicted molar refractivity (Wildman–Crippen MR) is 97.0 cm³/mol. The van der Waals surface area contributed by atoms with Gasteiger partial charge in [0, 0.05) is 13.9 Å². The summed E-state index contributed by atoms with van der Waals surface area (Å²) < 4.78 is 2.00. The topological polar surface area (TPSA) is 26.8 Å². The molecule has 0 unspecified atom stereocenters. The summed E-state index contributed by atoms with van der Waals surface area (Å²) in [4.78, 5) is 16.9. The number of rotatable bonds is 5.